The average Bonchev–Trinajstić information content (AvgIpc) is 3.12. The fourth-order valence-corrected chi connectivity index (χ4v) is 3.79. The number of aromatic hydroxyl groups is 1. The van der Waals surface area contributed by atoms with E-state index < -0.39 is 0 Å². The summed E-state index contributed by atoms with van der Waals surface area (Å²) < 4.78 is 1.65. The number of hydrogen-bond acceptors (Lipinski definition) is 3. The van der Waals surface area contributed by atoms with Crippen LogP contribution in [0.2, 0.25) is 0 Å². The van der Waals surface area contributed by atoms with Crippen LogP contribution in [0.25, 0.3) is 17.1 Å². The monoisotopic (exact) mass is 407 g/mol. The minimum absolute atomic E-state index is 0.122. The summed E-state index contributed by atoms with van der Waals surface area (Å²) in [7, 11) is 0. The summed E-state index contributed by atoms with van der Waals surface area (Å²) in [6.07, 6.45) is 2.88. The SMILES string of the molecule is O=c1c(Cc2ccc(O)cc2)nc2c(Cc3ccccc3)[nH]c(-c3ccccc3)cn1-2. The van der Waals surface area contributed by atoms with Gasteiger partial charge >= 0.3 is 0 Å². The van der Waals surface area contributed by atoms with E-state index in [-0.39, 0.29) is 11.3 Å². The molecule has 5 heteroatoms. The summed E-state index contributed by atoms with van der Waals surface area (Å²) in [5, 5.41) is 9.52. The smallest absolute Gasteiger partial charge is 0.278 e. The molecule has 2 aliphatic heterocycles. The van der Waals surface area contributed by atoms with Crippen molar-refractivity contribution in [1.82, 2.24) is 14.5 Å². The minimum Gasteiger partial charge on any atom is -0.508 e. The molecule has 0 saturated heterocycles. The number of aromatic amines is 1. The van der Waals surface area contributed by atoms with Crippen LogP contribution in [-0.4, -0.2) is 19.6 Å². The van der Waals surface area contributed by atoms with Crippen LogP contribution in [0.3, 0.4) is 0 Å². The van der Waals surface area contributed by atoms with Crippen LogP contribution in [0, 0.1) is 0 Å². The van der Waals surface area contributed by atoms with E-state index in [4.69, 9.17) is 4.98 Å². The summed E-state index contributed by atoms with van der Waals surface area (Å²) >= 11 is 0. The van der Waals surface area contributed by atoms with Crippen molar-refractivity contribution in [3.63, 3.8) is 0 Å². The van der Waals surface area contributed by atoms with E-state index >= 15 is 0 Å². The Morgan fingerprint density at radius 3 is 2.16 bits per heavy atom. The molecule has 3 aromatic carbocycles. The standard InChI is InChI=1S/C26H21N3O2/c30-21-13-11-19(12-14-21)16-23-26(31)29-17-24(20-9-5-2-6-10-20)27-22(25(29)28-23)15-18-7-3-1-4-8-18/h1-14,17,27,30H,15-16H2. The number of phenolic OH excluding ortho intramolecular Hbond substituents is 1. The second kappa shape index (κ2) is 7.95. The fourth-order valence-electron chi connectivity index (χ4n) is 3.79. The number of nitrogens with zero attached hydrogens (tertiary/aromatic N) is 2. The maximum absolute atomic E-state index is 13.2. The van der Waals surface area contributed by atoms with Crippen molar-refractivity contribution in [3.05, 3.63) is 124 Å². The summed E-state index contributed by atoms with van der Waals surface area (Å²) in [6, 6.07) is 27.0. The Morgan fingerprint density at radius 2 is 1.45 bits per heavy atom. The predicted octanol–water partition coefficient (Wildman–Crippen LogP) is 4.55. The van der Waals surface area contributed by atoms with Gasteiger partial charge in [-0.3, -0.25) is 9.36 Å². The van der Waals surface area contributed by atoms with Crippen molar-refractivity contribution in [3.8, 4) is 22.8 Å². The van der Waals surface area contributed by atoms with Crippen molar-refractivity contribution in [1.29, 1.82) is 0 Å². The Hall–Kier alpha value is -4.12. The van der Waals surface area contributed by atoms with Crippen LogP contribution in [0.4, 0.5) is 0 Å². The minimum atomic E-state index is -0.122. The molecule has 5 rings (SSSR count). The van der Waals surface area contributed by atoms with Gasteiger partial charge in [0, 0.05) is 19.0 Å². The van der Waals surface area contributed by atoms with Gasteiger partial charge in [0.1, 0.15) is 11.4 Å². The lowest BCUT2D eigenvalue weighted by atomic mass is 10.1. The van der Waals surface area contributed by atoms with Crippen LogP contribution in [0.5, 0.6) is 5.75 Å². The molecule has 0 fully saturated rings. The van der Waals surface area contributed by atoms with Crippen LogP contribution in [0.1, 0.15) is 22.5 Å². The van der Waals surface area contributed by atoms with Crippen molar-refractivity contribution in [2.45, 2.75) is 12.8 Å². The van der Waals surface area contributed by atoms with Crippen molar-refractivity contribution >= 4 is 0 Å². The third kappa shape index (κ3) is 3.85. The number of phenols is 1. The lowest BCUT2D eigenvalue weighted by Crippen LogP contribution is -2.17. The van der Waals surface area contributed by atoms with Gasteiger partial charge < -0.3 is 10.1 Å². The Labute approximate surface area is 179 Å². The maximum Gasteiger partial charge on any atom is 0.278 e. The molecule has 0 amide bonds. The lowest BCUT2D eigenvalue weighted by molar-refractivity contribution is 0.475. The van der Waals surface area contributed by atoms with Crippen LogP contribution in [-0.2, 0) is 12.8 Å². The molecule has 2 N–H and O–H groups in total. The summed E-state index contributed by atoms with van der Waals surface area (Å²) in [4.78, 5) is 21.5. The zero-order valence-corrected chi connectivity index (χ0v) is 16.8. The molecule has 2 heterocycles. The fraction of sp³-hybridized carbons (Fsp3) is 0.0769. The Bertz CT molecular complexity index is 1340. The number of benzene rings is 3. The highest BCUT2D eigenvalue weighted by Gasteiger charge is 2.20. The molecule has 0 atom stereocenters. The first-order valence-corrected chi connectivity index (χ1v) is 10.2. The van der Waals surface area contributed by atoms with E-state index in [1.807, 2.05) is 66.9 Å². The molecule has 0 aromatic heterocycles. The van der Waals surface area contributed by atoms with Crippen molar-refractivity contribution < 1.29 is 5.11 Å². The zero-order valence-electron chi connectivity index (χ0n) is 16.8. The zero-order chi connectivity index (χ0) is 21.2. The Balaban J connectivity index is 1.63. The molecule has 0 bridgehead atoms. The lowest BCUT2D eigenvalue weighted by Gasteiger charge is -2.13. The van der Waals surface area contributed by atoms with Gasteiger partial charge in [0.25, 0.3) is 5.56 Å². The van der Waals surface area contributed by atoms with Crippen LogP contribution < -0.4 is 5.56 Å². The van der Waals surface area contributed by atoms with Crippen LogP contribution >= 0.6 is 0 Å². The van der Waals surface area contributed by atoms with Gasteiger partial charge in [0.15, 0.2) is 5.82 Å². The largest absolute Gasteiger partial charge is 0.508 e. The molecule has 0 aliphatic carbocycles. The van der Waals surface area contributed by atoms with Crippen molar-refractivity contribution in [2.75, 3.05) is 0 Å². The van der Waals surface area contributed by atoms with Gasteiger partial charge in [0.2, 0.25) is 0 Å². The highest BCUT2D eigenvalue weighted by molar-refractivity contribution is 5.60. The first-order valence-electron chi connectivity index (χ1n) is 10.2. The molecular formula is C26H21N3O2. The normalized spacial score (nSPS) is 11.1. The van der Waals surface area contributed by atoms with E-state index in [2.05, 4.69) is 17.1 Å². The van der Waals surface area contributed by atoms with Gasteiger partial charge in [-0.05, 0) is 28.8 Å². The molecule has 3 aromatic rings. The van der Waals surface area contributed by atoms with E-state index in [0.29, 0.717) is 24.4 Å². The van der Waals surface area contributed by atoms with E-state index in [1.54, 1.807) is 16.7 Å². The third-order valence-electron chi connectivity index (χ3n) is 5.36. The van der Waals surface area contributed by atoms with Gasteiger partial charge in [0.05, 0.1) is 11.4 Å². The molecule has 31 heavy (non-hydrogen) atoms. The molecule has 0 radical (unpaired) electrons. The molecule has 0 spiro atoms. The van der Waals surface area contributed by atoms with Gasteiger partial charge in [-0.25, -0.2) is 4.98 Å². The first-order chi connectivity index (χ1) is 15.2. The summed E-state index contributed by atoms with van der Waals surface area (Å²) in [5.74, 6) is 0.843. The number of H-pyrrole nitrogens is 1. The number of rotatable bonds is 5. The van der Waals surface area contributed by atoms with Crippen molar-refractivity contribution in [2.24, 2.45) is 0 Å². The maximum atomic E-state index is 13.2. The predicted molar refractivity (Wildman–Crippen MR) is 121 cm³/mol. The third-order valence-corrected chi connectivity index (χ3v) is 5.36. The van der Waals surface area contributed by atoms with E-state index in [9.17, 15) is 9.90 Å². The number of imidazole rings is 1. The molecule has 5 nitrogen and oxygen atoms in total. The first kappa shape index (κ1) is 18.9. The number of fused-ring (bicyclic) bond motifs is 1. The van der Waals surface area contributed by atoms with Gasteiger partial charge in [-0.1, -0.05) is 72.8 Å². The quantitative estimate of drug-likeness (QED) is 0.449. The summed E-state index contributed by atoms with van der Waals surface area (Å²) in [6.45, 7) is 0. The number of aromatic nitrogens is 3. The van der Waals surface area contributed by atoms with Gasteiger partial charge in [-0.15, -0.1) is 0 Å². The topological polar surface area (TPSA) is 70.9 Å². The second-order valence-electron chi connectivity index (χ2n) is 7.58. The molecule has 0 saturated carbocycles. The molecule has 0 unspecified atom stereocenters. The summed E-state index contributed by atoms with van der Waals surface area (Å²) in [5.41, 5.74) is 5.19. The number of hydrogen-bond donors (Lipinski definition) is 2. The Morgan fingerprint density at radius 1 is 0.806 bits per heavy atom. The number of nitrogens with one attached hydrogen (secondary N) is 1. The van der Waals surface area contributed by atoms with E-state index in [1.165, 1.54) is 0 Å². The highest BCUT2D eigenvalue weighted by atomic mass is 16.3. The second-order valence-corrected chi connectivity index (χ2v) is 7.58. The Kier molecular flexibility index (Phi) is 4.84. The average molecular weight is 407 g/mol. The van der Waals surface area contributed by atoms with Crippen LogP contribution in [0.15, 0.2) is 95.9 Å². The molecule has 2 aliphatic rings. The van der Waals surface area contributed by atoms with E-state index in [0.717, 1.165) is 28.1 Å². The van der Waals surface area contributed by atoms with Gasteiger partial charge in [-0.2, -0.15) is 0 Å². The highest BCUT2D eigenvalue weighted by Crippen LogP contribution is 2.23. The molecular weight excluding hydrogens is 386 g/mol. The molecule has 152 valence electrons.